The maximum atomic E-state index is 6.32. The van der Waals surface area contributed by atoms with E-state index in [9.17, 15) is 0 Å². The van der Waals surface area contributed by atoms with Crippen molar-refractivity contribution in [3.05, 3.63) is 27.2 Å². The van der Waals surface area contributed by atoms with Gasteiger partial charge >= 0.3 is 0 Å². The molecule has 1 aromatic carbocycles. The zero-order chi connectivity index (χ0) is 13.2. The van der Waals surface area contributed by atoms with Gasteiger partial charge < -0.3 is 10.5 Å². The van der Waals surface area contributed by atoms with Crippen molar-refractivity contribution in [1.29, 1.82) is 0 Å². The third-order valence-corrected chi connectivity index (χ3v) is 3.44. The summed E-state index contributed by atoms with van der Waals surface area (Å²) in [5.74, 6) is 0.759. The minimum atomic E-state index is -0.0975. The van der Waals surface area contributed by atoms with Crippen LogP contribution < -0.4 is 10.5 Å². The van der Waals surface area contributed by atoms with Gasteiger partial charge in [0.1, 0.15) is 5.75 Å². The average molecular weight is 276 g/mol. The second-order valence-corrected chi connectivity index (χ2v) is 5.80. The van der Waals surface area contributed by atoms with Crippen molar-refractivity contribution in [1.82, 2.24) is 0 Å². The summed E-state index contributed by atoms with van der Waals surface area (Å²) in [6.07, 6.45) is 0.729. The molecule has 0 unspecified atom stereocenters. The maximum Gasteiger partial charge on any atom is 0.123 e. The SMILES string of the molecule is COc1cc(Cl)c(Cl)c(C(C)(C)C)c1CCN. The fraction of sp³-hybridized carbons (Fsp3) is 0.538. The van der Waals surface area contributed by atoms with Gasteiger partial charge in [0.05, 0.1) is 17.2 Å². The molecule has 17 heavy (non-hydrogen) atoms. The van der Waals surface area contributed by atoms with Gasteiger partial charge in [-0.1, -0.05) is 44.0 Å². The lowest BCUT2D eigenvalue weighted by Crippen LogP contribution is -2.18. The Labute approximate surface area is 113 Å². The monoisotopic (exact) mass is 275 g/mol. The van der Waals surface area contributed by atoms with E-state index in [0.717, 1.165) is 23.3 Å². The molecular weight excluding hydrogens is 257 g/mol. The molecule has 0 bridgehead atoms. The first kappa shape index (κ1) is 14.6. The van der Waals surface area contributed by atoms with Crippen molar-refractivity contribution < 1.29 is 4.74 Å². The molecule has 0 aliphatic heterocycles. The van der Waals surface area contributed by atoms with E-state index in [-0.39, 0.29) is 5.41 Å². The van der Waals surface area contributed by atoms with E-state index in [1.54, 1.807) is 13.2 Å². The summed E-state index contributed by atoms with van der Waals surface area (Å²) in [4.78, 5) is 0. The predicted octanol–water partition coefficient (Wildman–Crippen LogP) is 3.80. The Morgan fingerprint density at radius 2 is 1.88 bits per heavy atom. The van der Waals surface area contributed by atoms with Gasteiger partial charge in [0.2, 0.25) is 0 Å². The summed E-state index contributed by atoms with van der Waals surface area (Å²) in [6.45, 7) is 6.86. The lowest BCUT2D eigenvalue weighted by Gasteiger charge is -2.26. The van der Waals surface area contributed by atoms with Crippen LogP contribution in [0.3, 0.4) is 0 Å². The molecule has 0 spiro atoms. The maximum absolute atomic E-state index is 6.32. The minimum absolute atomic E-state index is 0.0975. The lowest BCUT2D eigenvalue weighted by atomic mass is 9.82. The Balaban J connectivity index is 3.56. The van der Waals surface area contributed by atoms with Crippen LogP contribution in [-0.4, -0.2) is 13.7 Å². The molecule has 0 heterocycles. The molecule has 96 valence electrons. The van der Waals surface area contributed by atoms with Crippen molar-refractivity contribution in [3.63, 3.8) is 0 Å². The molecule has 4 heteroatoms. The van der Waals surface area contributed by atoms with Gasteiger partial charge in [-0.15, -0.1) is 0 Å². The summed E-state index contributed by atoms with van der Waals surface area (Å²) in [5, 5.41) is 1.12. The molecule has 0 amide bonds. The number of benzene rings is 1. The largest absolute Gasteiger partial charge is 0.496 e. The first-order valence-electron chi connectivity index (χ1n) is 5.58. The van der Waals surface area contributed by atoms with Gasteiger partial charge in [0.15, 0.2) is 0 Å². The van der Waals surface area contributed by atoms with Crippen molar-refractivity contribution in [3.8, 4) is 5.75 Å². The summed E-state index contributed by atoms with van der Waals surface area (Å²) in [7, 11) is 1.63. The molecular formula is C13H19Cl2NO. The number of methoxy groups -OCH3 is 1. The highest BCUT2D eigenvalue weighted by atomic mass is 35.5. The fourth-order valence-corrected chi connectivity index (χ4v) is 2.64. The molecule has 0 saturated carbocycles. The molecule has 2 N–H and O–H groups in total. The Morgan fingerprint density at radius 3 is 2.29 bits per heavy atom. The van der Waals surface area contributed by atoms with E-state index < -0.39 is 0 Å². The van der Waals surface area contributed by atoms with E-state index in [1.807, 2.05) is 0 Å². The smallest absolute Gasteiger partial charge is 0.123 e. The third kappa shape index (κ3) is 3.06. The highest BCUT2D eigenvalue weighted by Crippen LogP contribution is 2.41. The molecule has 0 aliphatic rings. The van der Waals surface area contributed by atoms with Gasteiger partial charge in [0, 0.05) is 11.6 Å². The Morgan fingerprint density at radius 1 is 1.29 bits per heavy atom. The number of nitrogens with two attached hydrogens (primary N) is 1. The topological polar surface area (TPSA) is 35.2 Å². The Hall–Kier alpha value is -0.440. The van der Waals surface area contributed by atoms with Crippen molar-refractivity contribution in [2.75, 3.05) is 13.7 Å². The Kier molecular flexibility index (Phi) is 4.70. The van der Waals surface area contributed by atoms with Gasteiger partial charge in [-0.25, -0.2) is 0 Å². The van der Waals surface area contributed by atoms with E-state index in [4.69, 9.17) is 33.7 Å². The molecule has 0 radical (unpaired) electrons. The summed E-state index contributed by atoms with van der Waals surface area (Å²) in [6, 6.07) is 1.75. The minimum Gasteiger partial charge on any atom is -0.496 e. The lowest BCUT2D eigenvalue weighted by molar-refractivity contribution is 0.406. The first-order chi connectivity index (χ1) is 7.82. The van der Waals surface area contributed by atoms with Gasteiger partial charge in [-0.3, -0.25) is 0 Å². The molecule has 0 aromatic heterocycles. The van der Waals surface area contributed by atoms with Crippen molar-refractivity contribution >= 4 is 23.2 Å². The predicted molar refractivity (Wildman–Crippen MR) is 74.5 cm³/mol. The van der Waals surface area contributed by atoms with Crippen LogP contribution in [0, 0.1) is 0 Å². The summed E-state index contributed by atoms with van der Waals surface area (Å²) >= 11 is 12.5. The average Bonchev–Trinajstić information content (AvgIpc) is 2.21. The fourth-order valence-electron chi connectivity index (χ4n) is 2.00. The van der Waals surface area contributed by atoms with Crippen LogP contribution in [0.5, 0.6) is 5.75 Å². The molecule has 0 aliphatic carbocycles. The molecule has 1 aromatic rings. The van der Waals surface area contributed by atoms with Crippen molar-refractivity contribution in [2.24, 2.45) is 5.73 Å². The molecule has 0 atom stereocenters. The molecule has 2 nitrogen and oxygen atoms in total. The van der Waals surface area contributed by atoms with Crippen LogP contribution in [0.25, 0.3) is 0 Å². The number of hydrogen-bond donors (Lipinski definition) is 1. The van der Waals surface area contributed by atoms with Gasteiger partial charge in [-0.05, 0) is 23.9 Å². The van der Waals surface area contributed by atoms with Crippen LogP contribution in [0.4, 0.5) is 0 Å². The number of halogens is 2. The zero-order valence-electron chi connectivity index (χ0n) is 10.7. The van der Waals surface area contributed by atoms with Crippen LogP contribution >= 0.6 is 23.2 Å². The molecule has 1 rings (SSSR count). The Bertz CT molecular complexity index is 411. The summed E-state index contributed by atoms with van der Waals surface area (Å²) < 4.78 is 5.37. The number of ether oxygens (including phenoxy) is 1. The number of hydrogen-bond acceptors (Lipinski definition) is 2. The normalized spacial score (nSPS) is 11.7. The highest BCUT2D eigenvalue weighted by Gasteiger charge is 2.25. The number of rotatable bonds is 3. The molecule has 0 fully saturated rings. The van der Waals surface area contributed by atoms with E-state index in [2.05, 4.69) is 20.8 Å². The molecule has 0 saturated heterocycles. The highest BCUT2D eigenvalue weighted by molar-refractivity contribution is 6.42. The first-order valence-corrected chi connectivity index (χ1v) is 6.34. The van der Waals surface area contributed by atoms with Crippen molar-refractivity contribution in [2.45, 2.75) is 32.6 Å². The standard InChI is InChI=1S/C13H19Cl2NO/c1-13(2,3)11-8(5-6-16)10(17-4)7-9(14)12(11)15/h7H,5-6,16H2,1-4H3. The third-order valence-electron chi connectivity index (χ3n) is 2.65. The van der Waals surface area contributed by atoms with Crippen LogP contribution in [0.1, 0.15) is 31.9 Å². The van der Waals surface area contributed by atoms with E-state index in [0.29, 0.717) is 16.6 Å². The zero-order valence-corrected chi connectivity index (χ0v) is 12.2. The van der Waals surface area contributed by atoms with E-state index in [1.165, 1.54) is 0 Å². The van der Waals surface area contributed by atoms with Crippen LogP contribution in [-0.2, 0) is 11.8 Å². The van der Waals surface area contributed by atoms with Gasteiger partial charge in [-0.2, -0.15) is 0 Å². The second-order valence-electron chi connectivity index (χ2n) is 5.02. The quantitative estimate of drug-likeness (QED) is 0.911. The van der Waals surface area contributed by atoms with E-state index >= 15 is 0 Å². The van der Waals surface area contributed by atoms with Gasteiger partial charge in [0.25, 0.3) is 0 Å². The van der Waals surface area contributed by atoms with Crippen LogP contribution in [0.15, 0.2) is 6.07 Å². The van der Waals surface area contributed by atoms with Crippen LogP contribution in [0.2, 0.25) is 10.0 Å². The second kappa shape index (κ2) is 5.47. The summed E-state index contributed by atoms with van der Waals surface area (Å²) in [5.41, 5.74) is 7.63.